The van der Waals surface area contributed by atoms with Crippen LogP contribution in [-0.4, -0.2) is 103 Å². The van der Waals surface area contributed by atoms with Crippen molar-refractivity contribution in [3.8, 4) is 0 Å². The van der Waals surface area contributed by atoms with Gasteiger partial charge in [0.05, 0.1) is 6.33 Å². The number of hydrogen-bond acceptors (Lipinski definition) is 4. The molecule has 0 amide bonds. The lowest BCUT2D eigenvalue weighted by Gasteiger charge is -2.46. The third-order valence-corrected chi connectivity index (χ3v) is 7.25. The quantitative estimate of drug-likeness (QED) is 0.181. The van der Waals surface area contributed by atoms with E-state index in [0.717, 1.165) is 0 Å². The SMILES string of the molecule is Nc1ncnc2c1ncn2CCC(F)(F)C(F)(F)C(F)(F)C(F)(F)C(F)(F)C(F)(F)C(F)(F)C(F)(F)C(F)(F)C(F)(F)C(F)(F)C(F)(F)C(F)(F)C(F)(F)F. The smallest absolute Gasteiger partial charge is 0.382 e. The van der Waals surface area contributed by atoms with Gasteiger partial charge in [0.1, 0.15) is 11.8 Å². The van der Waals surface area contributed by atoms with Crippen molar-refractivity contribution >= 4 is 17.0 Å². The molecule has 0 radical (unpaired) electrons. The fourth-order valence-electron chi connectivity index (χ4n) is 3.86. The molecule has 0 aliphatic heterocycles. The van der Waals surface area contributed by atoms with Crippen LogP contribution in [0.3, 0.4) is 0 Å². The summed E-state index contributed by atoms with van der Waals surface area (Å²) in [6.45, 7) is -1.92. The first-order chi connectivity index (χ1) is 23.7. The van der Waals surface area contributed by atoms with Crippen LogP contribution in [0.4, 0.5) is 133 Å². The lowest BCUT2D eigenvalue weighted by atomic mass is 9.83. The maximum absolute atomic E-state index is 14.3. The number of rotatable bonds is 15. The Morgan fingerprint density at radius 2 is 0.691 bits per heavy atom. The highest BCUT2D eigenvalue weighted by atomic mass is 19.4. The van der Waals surface area contributed by atoms with Gasteiger partial charge in [-0.3, -0.25) is 0 Å². The van der Waals surface area contributed by atoms with Crippen LogP contribution in [0, 0.1) is 0 Å². The van der Waals surface area contributed by atoms with Crippen molar-refractivity contribution < 1.29 is 127 Å². The van der Waals surface area contributed by atoms with E-state index in [1.807, 2.05) is 0 Å². The summed E-state index contributed by atoms with van der Waals surface area (Å²) in [5.41, 5.74) is 3.90. The molecule has 2 N–H and O–H groups in total. The van der Waals surface area contributed by atoms with E-state index < -0.39 is 113 Å². The summed E-state index contributed by atoms with van der Waals surface area (Å²) < 4.78 is 397. The maximum Gasteiger partial charge on any atom is 0.460 e. The molecule has 0 aromatic carbocycles. The van der Waals surface area contributed by atoms with E-state index in [1.54, 1.807) is 0 Å². The van der Waals surface area contributed by atoms with Gasteiger partial charge in [-0.15, -0.1) is 0 Å². The molecular weight excluding hydrogens is 873 g/mol. The maximum atomic E-state index is 14.3. The molecule has 0 aliphatic carbocycles. The number of aromatic nitrogens is 4. The zero-order valence-corrected chi connectivity index (χ0v) is 24.4. The van der Waals surface area contributed by atoms with Crippen molar-refractivity contribution in [2.24, 2.45) is 0 Å². The number of hydrogen-bond donors (Lipinski definition) is 1. The number of nitrogen functional groups attached to an aromatic ring is 1. The first-order valence-electron chi connectivity index (χ1n) is 12.6. The summed E-state index contributed by atoms with van der Waals surface area (Å²) in [4.78, 5) is 9.83. The summed E-state index contributed by atoms with van der Waals surface area (Å²) in [6.07, 6.45) is -10.6. The Labute approximate surface area is 279 Å². The molecule has 0 spiro atoms. The second-order valence-electron chi connectivity index (χ2n) is 10.7. The van der Waals surface area contributed by atoms with Crippen LogP contribution in [0.25, 0.3) is 11.2 Å². The molecule has 0 unspecified atom stereocenters. The number of nitrogens with zero attached hydrogens (tertiary/aromatic N) is 4. The van der Waals surface area contributed by atoms with E-state index in [4.69, 9.17) is 5.73 Å². The Hall–Kier alpha value is -3.68. The topological polar surface area (TPSA) is 69.6 Å². The van der Waals surface area contributed by atoms with Gasteiger partial charge in [-0.1, -0.05) is 0 Å². The molecule has 0 atom stereocenters. The second kappa shape index (κ2) is 12.4. The van der Waals surface area contributed by atoms with E-state index >= 15 is 0 Å². The van der Waals surface area contributed by atoms with Gasteiger partial charge in [0.2, 0.25) is 0 Å². The molecular formula is C21H8F29N5. The summed E-state index contributed by atoms with van der Waals surface area (Å²) in [7, 11) is 0. The molecule has 0 fully saturated rings. The molecule has 2 aromatic heterocycles. The Bertz CT molecular complexity index is 1720. The average Bonchev–Trinajstić information content (AvgIpc) is 3.42. The number of nitrogens with two attached hydrogens (primary N) is 1. The van der Waals surface area contributed by atoms with Crippen LogP contribution in [0.1, 0.15) is 6.42 Å². The molecule has 0 bridgehead atoms. The molecule has 2 heterocycles. The summed E-state index contributed by atoms with van der Waals surface area (Å²) in [6, 6.07) is 0. The van der Waals surface area contributed by atoms with Crippen molar-refractivity contribution in [2.45, 2.75) is 96.1 Å². The predicted molar refractivity (Wildman–Crippen MR) is 115 cm³/mol. The van der Waals surface area contributed by atoms with Gasteiger partial charge in [0.15, 0.2) is 11.5 Å². The summed E-state index contributed by atoms with van der Waals surface area (Å²) in [5.74, 6) is -121. The van der Waals surface area contributed by atoms with Crippen molar-refractivity contribution in [1.82, 2.24) is 19.5 Å². The van der Waals surface area contributed by atoms with Crippen molar-refractivity contribution in [2.75, 3.05) is 5.73 Å². The van der Waals surface area contributed by atoms with Gasteiger partial charge in [-0.25, -0.2) is 15.0 Å². The average molecular weight is 881 g/mol. The van der Waals surface area contributed by atoms with E-state index in [-0.39, 0.29) is 4.57 Å². The van der Waals surface area contributed by atoms with Gasteiger partial charge >= 0.3 is 83.2 Å². The summed E-state index contributed by atoms with van der Waals surface area (Å²) >= 11 is 0. The Balaban J connectivity index is 2.67. The normalized spacial score (nSPS) is 16.3. The fourth-order valence-corrected chi connectivity index (χ4v) is 3.86. The van der Waals surface area contributed by atoms with Crippen LogP contribution in [0.5, 0.6) is 0 Å². The Morgan fingerprint density at radius 3 is 1.00 bits per heavy atom. The Morgan fingerprint density at radius 1 is 0.400 bits per heavy atom. The number of aryl methyl sites for hydroxylation is 1. The summed E-state index contributed by atoms with van der Waals surface area (Å²) in [5, 5.41) is 0. The third-order valence-electron chi connectivity index (χ3n) is 7.25. The van der Waals surface area contributed by atoms with Gasteiger partial charge in [-0.05, 0) is 0 Å². The van der Waals surface area contributed by atoms with Crippen LogP contribution in [0.2, 0.25) is 0 Å². The Kier molecular flexibility index (Phi) is 10.7. The molecule has 0 saturated heterocycles. The number of alkyl halides is 29. The zero-order valence-electron chi connectivity index (χ0n) is 24.4. The highest BCUT2D eigenvalue weighted by Gasteiger charge is 3.00. The van der Waals surface area contributed by atoms with E-state index in [9.17, 15) is 127 Å². The van der Waals surface area contributed by atoms with Crippen LogP contribution in [0.15, 0.2) is 12.7 Å². The lowest BCUT2D eigenvalue weighted by Crippen LogP contribution is -2.79. The van der Waals surface area contributed by atoms with Crippen LogP contribution >= 0.6 is 0 Å². The largest absolute Gasteiger partial charge is 0.460 e. The molecule has 2 aromatic rings. The minimum atomic E-state index is -9.96. The van der Waals surface area contributed by atoms with Crippen molar-refractivity contribution in [3.63, 3.8) is 0 Å². The lowest BCUT2D eigenvalue weighted by molar-refractivity contribution is -0.487. The molecule has 320 valence electrons. The third kappa shape index (κ3) is 5.80. The zero-order chi connectivity index (χ0) is 44.3. The number of halogens is 29. The highest BCUT2D eigenvalue weighted by Crippen LogP contribution is 2.69. The predicted octanol–water partition coefficient (Wildman–Crippen LogP) is 9.62. The van der Waals surface area contributed by atoms with E-state index in [0.29, 0.717) is 12.7 Å². The van der Waals surface area contributed by atoms with Gasteiger partial charge in [-0.2, -0.15) is 127 Å². The number of fused-ring (bicyclic) bond motifs is 1. The molecule has 2 rings (SSSR count). The van der Waals surface area contributed by atoms with Crippen LogP contribution < -0.4 is 5.73 Å². The molecule has 0 aliphatic rings. The number of anilines is 1. The second-order valence-corrected chi connectivity index (χ2v) is 10.7. The molecule has 55 heavy (non-hydrogen) atoms. The monoisotopic (exact) mass is 881 g/mol. The standard InChI is InChI=1S/C21H8F29N5/c22-8(23,1-2-55-4-54-5-6(51)52-3-53-7(5)55)9(24,25)10(26,27)11(28,29)12(30,31)13(32,33)14(34,35)15(36,37)16(38,39)17(40,41)18(42,43)19(44,45)20(46,47)21(48,49)50/h3-4H,1-2H2,(H2,51,52,53). The van der Waals surface area contributed by atoms with Crippen LogP contribution in [-0.2, 0) is 6.54 Å². The molecule has 5 nitrogen and oxygen atoms in total. The molecule has 0 saturated carbocycles. The molecule has 34 heteroatoms. The first kappa shape index (κ1) is 47.5. The minimum absolute atomic E-state index is 0.124. The fraction of sp³-hybridized carbons (Fsp3) is 0.762. The van der Waals surface area contributed by atoms with Crippen molar-refractivity contribution in [1.29, 1.82) is 0 Å². The highest BCUT2D eigenvalue weighted by molar-refractivity contribution is 5.81. The van der Waals surface area contributed by atoms with Gasteiger partial charge in [0, 0.05) is 13.0 Å². The van der Waals surface area contributed by atoms with Gasteiger partial charge < -0.3 is 10.3 Å². The number of imidazole rings is 1. The van der Waals surface area contributed by atoms with E-state index in [1.165, 1.54) is 0 Å². The van der Waals surface area contributed by atoms with Gasteiger partial charge in [0.25, 0.3) is 0 Å². The minimum Gasteiger partial charge on any atom is -0.382 e. The first-order valence-corrected chi connectivity index (χ1v) is 12.6. The van der Waals surface area contributed by atoms with Crippen molar-refractivity contribution in [3.05, 3.63) is 12.7 Å². The van der Waals surface area contributed by atoms with E-state index in [2.05, 4.69) is 15.0 Å².